The van der Waals surface area contributed by atoms with Gasteiger partial charge in [-0.15, -0.1) is 0 Å². The summed E-state index contributed by atoms with van der Waals surface area (Å²) in [6, 6.07) is 4.33. The van der Waals surface area contributed by atoms with Crippen LogP contribution in [0.25, 0.3) is 0 Å². The molecule has 1 amide bonds. The molecule has 120 valence electrons. The number of nitrogens with zero attached hydrogens (tertiary/aromatic N) is 3. The van der Waals surface area contributed by atoms with E-state index in [4.69, 9.17) is 5.73 Å². The molecule has 1 aliphatic heterocycles. The zero-order valence-corrected chi connectivity index (χ0v) is 13.1. The van der Waals surface area contributed by atoms with Gasteiger partial charge in [0.1, 0.15) is 12.0 Å². The smallest absolute Gasteiger partial charge is 0.279 e. The molecule has 1 aliphatic rings. The molecule has 2 heterocycles. The van der Waals surface area contributed by atoms with E-state index in [0.717, 1.165) is 5.75 Å². The summed E-state index contributed by atoms with van der Waals surface area (Å²) in [6.07, 6.45) is 1.85. The summed E-state index contributed by atoms with van der Waals surface area (Å²) < 4.78 is 18.7. The molecule has 0 saturated heterocycles. The Morgan fingerprint density at radius 1 is 1.52 bits per heavy atom. The molecule has 0 spiro atoms. The van der Waals surface area contributed by atoms with Crippen LogP contribution in [0, 0.1) is 5.82 Å². The number of benzene rings is 1. The molecule has 23 heavy (non-hydrogen) atoms. The number of amides is 1. The molecular formula is C14H14FN5O2S. The predicted molar refractivity (Wildman–Crippen MR) is 84.7 cm³/mol. The molecule has 2 aromatic rings. The molecular weight excluding hydrogens is 321 g/mol. The summed E-state index contributed by atoms with van der Waals surface area (Å²) in [5.41, 5.74) is 5.88. The van der Waals surface area contributed by atoms with E-state index in [9.17, 15) is 9.18 Å². The van der Waals surface area contributed by atoms with Crippen LogP contribution in [-0.2, 0) is 5.54 Å². The first-order valence-electron chi connectivity index (χ1n) is 6.85. The third-order valence-electron chi connectivity index (χ3n) is 3.59. The van der Waals surface area contributed by atoms with Gasteiger partial charge in [-0.1, -0.05) is 16.9 Å². The lowest BCUT2D eigenvalue weighted by molar-refractivity contribution is 0.101. The summed E-state index contributed by atoms with van der Waals surface area (Å²) >= 11 is 1.44. The van der Waals surface area contributed by atoms with Crippen LogP contribution in [0.15, 0.2) is 34.0 Å². The van der Waals surface area contributed by atoms with Gasteiger partial charge in [0.15, 0.2) is 10.9 Å². The van der Waals surface area contributed by atoms with Crippen molar-refractivity contribution in [3.05, 3.63) is 41.5 Å². The maximum atomic E-state index is 14.3. The van der Waals surface area contributed by atoms with Gasteiger partial charge < -0.3 is 11.1 Å². The summed E-state index contributed by atoms with van der Waals surface area (Å²) in [4.78, 5) is 16.3. The van der Waals surface area contributed by atoms with E-state index in [-0.39, 0.29) is 5.69 Å². The van der Waals surface area contributed by atoms with Crippen molar-refractivity contribution in [2.24, 2.45) is 10.7 Å². The van der Waals surface area contributed by atoms with Crippen molar-refractivity contribution in [3.63, 3.8) is 0 Å². The molecule has 1 aromatic carbocycles. The number of carbonyl (C=O) groups is 1. The number of thioether (sulfide) groups is 1. The van der Waals surface area contributed by atoms with Crippen molar-refractivity contribution in [1.29, 1.82) is 0 Å². The number of aliphatic imine (C=N–C) groups is 1. The average Bonchev–Trinajstić information content (AvgIpc) is 3.03. The highest BCUT2D eigenvalue weighted by Gasteiger charge is 2.32. The number of hydrogen-bond acceptors (Lipinski definition) is 7. The van der Waals surface area contributed by atoms with Crippen LogP contribution in [0.2, 0.25) is 0 Å². The van der Waals surface area contributed by atoms with E-state index in [0.29, 0.717) is 22.8 Å². The first kappa shape index (κ1) is 15.5. The predicted octanol–water partition coefficient (Wildman–Crippen LogP) is 2.13. The largest absolute Gasteiger partial charge is 0.379 e. The number of rotatable bonds is 3. The number of nitrogens with two attached hydrogens (primary N) is 1. The van der Waals surface area contributed by atoms with E-state index in [1.807, 2.05) is 6.92 Å². The number of carbonyl (C=O) groups excluding carboxylic acids is 1. The van der Waals surface area contributed by atoms with Gasteiger partial charge in [0, 0.05) is 17.0 Å². The number of aromatic nitrogens is 2. The molecule has 9 heteroatoms. The zero-order valence-electron chi connectivity index (χ0n) is 12.2. The monoisotopic (exact) mass is 335 g/mol. The lowest BCUT2D eigenvalue weighted by Crippen LogP contribution is -2.29. The van der Waals surface area contributed by atoms with Crippen LogP contribution >= 0.6 is 11.8 Å². The number of amidine groups is 1. The Morgan fingerprint density at radius 2 is 2.35 bits per heavy atom. The average molecular weight is 335 g/mol. The normalized spacial score (nSPS) is 20.9. The van der Waals surface area contributed by atoms with Crippen molar-refractivity contribution < 1.29 is 13.8 Å². The fraction of sp³-hybridized carbons (Fsp3) is 0.286. The Labute approximate surface area is 135 Å². The van der Waals surface area contributed by atoms with Gasteiger partial charge in [0.05, 0.1) is 5.54 Å². The lowest BCUT2D eigenvalue weighted by atomic mass is 9.89. The molecule has 1 atom stereocenters. The quantitative estimate of drug-likeness (QED) is 0.890. The van der Waals surface area contributed by atoms with Crippen LogP contribution in [0.4, 0.5) is 10.1 Å². The van der Waals surface area contributed by atoms with Crippen LogP contribution in [0.1, 0.15) is 29.4 Å². The molecule has 3 rings (SSSR count). The highest BCUT2D eigenvalue weighted by Crippen LogP contribution is 2.37. The highest BCUT2D eigenvalue weighted by molar-refractivity contribution is 8.13. The summed E-state index contributed by atoms with van der Waals surface area (Å²) in [6.45, 7) is 1.82. The van der Waals surface area contributed by atoms with Crippen molar-refractivity contribution in [3.8, 4) is 0 Å². The molecule has 0 saturated carbocycles. The van der Waals surface area contributed by atoms with E-state index >= 15 is 0 Å². The molecule has 1 unspecified atom stereocenters. The third kappa shape index (κ3) is 3.19. The van der Waals surface area contributed by atoms with Crippen molar-refractivity contribution in [1.82, 2.24) is 10.3 Å². The van der Waals surface area contributed by atoms with Crippen molar-refractivity contribution >= 4 is 28.5 Å². The van der Waals surface area contributed by atoms with E-state index in [2.05, 4.69) is 25.3 Å². The first-order valence-corrected chi connectivity index (χ1v) is 7.83. The molecule has 3 N–H and O–H groups in total. The van der Waals surface area contributed by atoms with Crippen LogP contribution in [-0.4, -0.2) is 27.1 Å². The Balaban J connectivity index is 1.90. The molecule has 0 aliphatic carbocycles. The maximum Gasteiger partial charge on any atom is 0.279 e. The molecule has 0 bridgehead atoms. The Kier molecular flexibility index (Phi) is 4.03. The van der Waals surface area contributed by atoms with Gasteiger partial charge in [0.2, 0.25) is 0 Å². The number of hydrogen-bond donors (Lipinski definition) is 2. The summed E-state index contributed by atoms with van der Waals surface area (Å²) in [5.74, 6) is -0.125. The molecule has 7 nitrogen and oxygen atoms in total. The molecule has 0 radical (unpaired) electrons. The first-order chi connectivity index (χ1) is 11.0. The maximum absolute atomic E-state index is 14.3. The fourth-order valence-electron chi connectivity index (χ4n) is 2.36. The van der Waals surface area contributed by atoms with E-state index in [1.165, 1.54) is 30.1 Å². The third-order valence-corrected chi connectivity index (χ3v) is 4.39. The van der Waals surface area contributed by atoms with Gasteiger partial charge in [-0.25, -0.2) is 9.02 Å². The molecule has 1 aromatic heterocycles. The fourth-order valence-corrected chi connectivity index (χ4v) is 3.33. The second kappa shape index (κ2) is 5.99. The second-order valence-electron chi connectivity index (χ2n) is 5.26. The highest BCUT2D eigenvalue weighted by atomic mass is 32.2. The lowest BCUT2D eigenvalue weighted by Gasteiger charge is -2.30. The number of nitrogens with one attached hydrogen (secondary N) is 1. The SMILES string of the molecule is CC1(c2cc(NC(=O)c3cnon3)ccc2F)CCSC(N)=N1. The van der Waals surface area contributed by atoms with E-state index < -0.39 is 17.3 Å². The van der Waals surface area contributed by atoms with Gasteiger partial charge in [-0.2, -0.15) is 0 Å². The molecule has 0 fully saturated rings. The van der Waals surface area contributed by atoms with Crippen LogP contribution < -0.4 is 11.1 Å². The Bertz CT molecular complexity index is 765. The topological polar surface area (TPSA) is 106 Å². The van der Waals surface area contributed by atoms with Gasteiger partial charge in [-0.3, -0.25) is 9.79 Å². The Morgan fingerprint density at radius 3 is 3.04 bits per heavy atom. The zero-order chi connectivity index (χ0) is 16.4. The summed E-state index contributed by atoms with van der Waals surface area (Å²) in [7, 11) is 0. The minimum absolute atomic E-state index is 0.0402. The summed E-state index contributed by atoms with van der Waals surface area (Å²) in [5, 5.41) is 9.88. The van der Waals surface area contributed by atoms with Crippen LogP contribution in [0.3, 0.4) is 0 Å². The number of halogens is 1. The van der Waals surface area contributed by atoms with Gasteiger partial charge >= 0.3 is 0 Å². The standard InChI is InChI=1S/C14H14FN5O2S/c1-14(4-5-23-13(16)19-14)9-6-8(2-3-10(9)15)18-12(21)11-7-17-22-20-11/h2-3,6-7H,4-5H2,1H3,(H2,16,19)(H,18,21). The minimum atomic E-state index is -0.754. The van der Waals surface area contributed by atoms with Gasteiger partial charge in [-0.05, 0) is 36.7 Å². The Hall–Kier alpha value is -2.42. The number of anilines is 1. The second-order valence-corrected chi connectivity index (χ2v) is 6.38. The van der Waals surface area contributed by atoms with Crippen molar-refractivity contribution in [2.75, 3.05) is 11.1 Å². The minimum Gasteiger partial charge on any atom is -0.379 e. The van der Waals surface area contributed by atoms with Crippen LogP contribution in [0.5, 0.6) is 0 Å². The van der Waals surface area contributed by atoms with E-state index in [1.54, 1.807) is 6.07 Å². The van der Waals surface area contributed by atoms with Crippen molar-refractivity contribution in [2.45, 2.75) is 18.9 Å². The van der Waals surface area contributed by atoms with Gasteiger partial charge in [0.25, 0.3) is 5.91 Å².